The second kappa shape index (κ2) is 5.69. The Kier molecular flexibility index (Phi) is 4.22. The lowest BCUT2D eigenvalue weighted by Gasteiger charge is -2.23. The number of nitrogens with two attached hydrogens (primary N) is 1. The van der Waals surface area contributed by atoms with Gasteiger partial charge in [0.25, 0.3) is 0 Å². The van der Waals surface area contributed by atoms with Gasteiger partial charge >= 0.3 is 0 Å². The number of rotatable bonds is 3. The molecule has 2 rings (SSSR count). The Balaban J connectivity index is 2.18. The molecule has 0 radical (unpaired) electrons. The first-order chi connectivity index (χ1) is 8.60. The largest absolute Gasteiger partial charge is 0.497 e. The summed E-state index contributed by atoms with van der Waals surface area (Å²) in [4.78, 5) is 2.22. The molecular weight excluding hydrogens is 228 g/mol. The first-order valence-electron chi connectivity index (χ1n) is 6.43. The van der Waals surface area contributed by atoms with Gasteiger partial charge in [0.2, 0.25) is 0 Å². The van der Waals surface area contributed by atoms with E-state index in [1.807, 2.05) is 19.1 Å². The van der Waals surface area contributed by atoms with Gasteiger partial charge in [0.15, 0.2) is 0 Å². The molecule has 4 nitrogen and oxygen atoms in total. The summed E-state index contributed by atoms with van der Waals surface area (Å²) in [5.74, 6) is 0.855. The number of aliphatic hydroxyl groups excluding tert-OH is 1. The molecule has 0 aliphatic carbocycles. The van der Waals surface area contributed by atoms with Crippen LogP contribution in [0.5, 0.6) is 5.75 Å². The summed E-state index contributed by atoms with van der Waals surface area (Å²) in [6.45, 7) is 4.22. The van der Waals surface area contributed by atoms with Crippen LogP contribution in [0.1, 0.15) is 24.1 Å². The van der Waals surface area contributed by atoms with Gasteiger partial charge in [0, 0.05) is 25.7 Å². The number of nitrogens with zero attached hydrogens (tertiary/aromatic N) is 1. The monoisotopic (exact) mass is 250 g/mol. The van der Waals surface area contributed by atoms with E-state index in [1.54, 1.807) is 7.11 Å². The lowest BCUT2D eigenvalue weighted by molar-refractivity contribution is 0.125. The predicted octanol–water partition coefficient (Wildman–Crippen LogP) is 0.934. The van der Waals surface area contributed by atoms with Crippen LogP contribution in [-0.2, 0) is 6.42 Å². The Morgan fingerprint density at radius 2 is 2.33 bits per heavy atom. The molecular formula is C14H22N2O2. The summed E-state index contributed by atoms with van der Waals surface area (Å²) < 4.78 is 5.25. The van der Waals surface area contributed by atoms with E-state index in [9.17, 15) is 5.11 Å². The molecule has 1 unspecified atom stereocenters. The molecule has 1 aliphatic heterocycles. The first-order valence-corrected chi connectivity index (χ1v) is 6.43. The van der Waals surface area contributed by atoms with Crippen molar-refractivity contribution in [3.63, 3.8) is 0 Å². The van der Waals surface area contributed by atoms with Crippen molar-refractivity contribution in [1.82, 2.24) is 4.90 Å². The molecule has 0 aromatic heterocycles. The minimum absolute atomic E-state index is 0.0173. The average molecular weight is 250 g/mol. The van der Waals surface area contributed by atoms with Gasteiger partial charge in [-0.2, -0.15) is 0 Å². The van der Waals surface area contributed by atoms with Crippen molar-refractivity contribution < 1.29 is 9.84 Å². The number of benzene rings is 1. The van der Waals surface area contributed by atoms with Crippen LogP contribution in [0.3, 0.4) is 0 Å². The van der Waals surface area contributed by atoms with Crippen molar-refractivity contribution in [2.75, 3.05) is 26.7 Å². The number of fused-ring (bicyclic) bond motifs is 1. The van der Waals surface area contributed by atoms with Crippen molar-refractivity contribution in [2.24, 2.45) is 5.73 Å². The van der Waals surface area contributed by atoms with E-state index in [4.69, 9.17) is 10.5 Å². The second-order valence-electron chi connectivity index (χ2n) is 5.03. The molecule has 0 saturated carbocycles. The third-order valence-corrected chi connectivity index (χ3v) is 3.43. The molecule has 0 bridgehead atoms. The minimum Gasteiger partial charge on any atom is -0.497 e. The van der Waals surface area contributed by atoms with Crippen molar-refractivity contribution in [2.45, 2.75) is 25.5 Å². The fourth-order valence-electron chi connectivity index (χ4n) is 2.56. The van der Waals surface area contributed by atoms with E-state index in [1.165, 1.54) is 11.1 Å². The SMILES string of the molecule is COc1ccc2c(c1)C(N)CN(C[C@H](C)O)CC2. The van der Waals surface area contributed by atoms with Crippen molar-refractivity contribution in [1.29, 1.82) is 0 Å². The number of methoxy groups -OCH3 is 1. The average Bonchev–Trinajstić information content (AvgIpc) is 2.48. The second-order valence-corrected chi connectivity index (χ2v) is 5.03. The summed E-state index contributed by atoms with van der Waals surface area (Å²) >= 11 is 0. The third kappa shape index (κ3) is 3.02. The van der Waals surface area contributed by atoms with Gasteiger partial charge in [-0.15, -0.1) is 0 Å². The van der Waals surface area contributed by atoms with Gasteiger partial charge in [0.05, 0.1) is 13.2 Å². The van der Waals surface area contributed by atoms with E-state index in [0.29, 0.717) is 6.54 Å². The van der Waals surface area contributed by atoms with E-state index < -0.39 is 0 Å². The van der Waals surface area contributed by atoms with Crippen LogP contribution in [0.4, 0.5) is 0 Å². The Hall–Kier alpha value is -1.10. The highest BCUT2D eigenvalue weighted by Crippen LogP contribution is 2.26. The Bertz CT molecular complexity index is 407. The normalized spacial score (nSPS) is 22.1. The topological polar surface area (TPSA) is 58.7 Å². The van der Waals surface area contributed by atoms with Gasteiger partial charge in [-0.3, -0.25) is 4.90 Å². The lowest BCUT2D eigenvalue weighted by Crippen LogP contribution is -2.36. The maximum Gasteiger partial charge on any atom is 0.119 e. The van der Waals surface area contributed by atoms with E-state index in [2.05, 4.69) is 11.0 Å². The maximum atomic E-state index is 9.48. The van der Waals surface area contributed by atoms with Gasteiger partial charge in [-0.25, -0.2) is 0 Å². The third-order valence-electron chi connectivity index (χ3n) is 3.43. The van der Waals surface area contributed by atoms with Crippen LogP contribution in [0, 0.1) is 0 Å². The van der Waals surface area contributed by atoms with E-state index in [0.717, 1.165) is 25.3 Å². The number of ether oxygens (including phenoxy) is 1. The molecule has 1 aromatic carbocycles. The summed E-state index contributed by atoms with van der Waals surface area (Å²) in [6, 6.07) is 6.10. The summed E-state index contributed by atoms with van der Waals surface area (Å²) in [7, 11) is 1.67. The van der Waals surface area contributed by atoms with Crippen LogP contribution < -0.4 is 10.5 Å². The molecule has 4 heteroatoms. The van der Waals surface area contributed by atoms with Crippen LogP contribution in [0.25, 0.3) is 0 Å². The fraction of sp³-hybridized carbons (Fsp3) is 0.571. The molecule has 1 heterocycles. The Morgan fingerprint density at radius 1 is 1.56 bits per heavy atom. The first kappa shape index (κ1) is 13.3. The molecule has 3 N–H and O–H groups in total. The molecule has 100 valence electrons. The Morgan fingerprint density at radius 3 is 3.00 bits per heavy atom. The zero-order chi connectivity index (χ0) is 13.1. The summed E-state index contributed by atoms with van der Waals surface area (Å²) in [5, 5.41) is 9.48. The zero-order valence-corrected chi connectivity index (χ0v) is 11.1. The van der Waals surface area contributed by atoms with Crippen molar-refractivity contribution in [3.05, 3.63) is 29.3 Å². The molecule has 0 saturated heterocycles. The highest BCUT2D eigenvalue weighted by molar-refractivity contribution is 5.38. The number of hydrogen-bond donors (Lipinski definition) is 2. The van der Waals surface area contributed by atoms with Crippen LogP contribution in [0.15, 0.2) is 18.2 Å². The smallest absolute Gasteiger partial charge is 0.119 e. The molecule has 0 fully saturated rings. The molecule has 0 amide bonds. The van der Waals surface area contributed by atoms with Crippen LogP contribution >= 0.6 is 0 Å². The highest BCUT2D eigenvalue weighted by atomic mass is 16.5. The van der Waals surface area contributed by atoms with Gasteiger partial charge in [0.1, 0.15) is 5.75 Å². The minimum atomic E-state index is -0.312. The van der Waals surface area contributed by atoms with Crippen LogP contribution in [-0.4, -0.2) is 42.9 Å². The predicted molar refractivity (Wildman–Crippen MR) is 71.7 cm³/mol. The maximum absolute atomic E-state index is 9.48. The highest BCUT2D eigenvalue weighted by Gasteiger charge is 2.21. The summed E-state index contributed by atoms with van der Waals surface area (Å²) in [5.41, 5.74) is 8.71. The lowest BCUT2D eigenvalue weighted by atomic mass is 10.00. The van der Waals surface area contributed by atoms with Crippen LogP contribution in [0.2, 0.25) is 0 Å². The zero-order valence-electron chi connectivity index (χ0n) is 11.1. The van der Waals surface area contributed by atoms with Crippen molar-refractivity contribution >= 4 is 0 Å². The number of hydrogen-bond acceptors (Lipinski definition) is 4. The summed E-state index contributed by atoms with van der Waals surface area (Å²) in [6.07, 6.45) is 0.660. The molecule has 18 heavy (non-hydrogen) atoms. The molecule has 1 aromatic rings. The fourth-order valence-corrected chi connectivity index (χ4v) is 2.56. The number of aliphatic hydroxyl groups is 1. The van der Waals surface area contributed by atoms with Gasteiger partial charge < -0.3 is 15.6 Å². The van der Waals surface area contributed by atoms with Crippen molar-refractivity contribution in [3.8, 4) is 5.75 Å². The standard InChI is InChI=1S/C14H22N2O2/c1-10(17)8-16-6-5-11-3-4-12(18-2)7-13(11)14(15)9-16/h3-4,7,10,14,17H,5-6,8-9,15H2,1-2H3/t10-,14?/m0/s1. The van der Waals surface area contributed by atoms with Gasteiger partial charge in [-0.05, 0) is 36.6 Å². The van der Waals surface area contributed by atoms with E-state index in [-0.39, 0.29) is 12.1 Å². The van der Waals surface area contributed by atoms with E-state index >= 15 is 0 Å². The Labute approximate surface area is 108 Å². The van der Waals surface area contributed by atoms with Gasteiger partial charge in [-0.1, -0.05) is 6.07 Å². The molecule has 0 spiro atoms. The number of β-amino-alcohol motifs (C(OH)–C–C–N with tert-alkyl or cyclic N) is 1. The quantitative estimate of drug-likeness (QED) is 0.838. The molecule has 1 aliphatic rings. The molecule has 2 atom stereocenters.